The van der Waals surface area contributed by atoms with Gasteiger partial charge >= 0.3 is 0 Å². The van der Waals surface area contributed by atoms with Crippen molar-refractivity contribution < 1.29 is 0 Å². The van der Waals surface area contributed by atoms with E-state index in [-0.39, 0.29) is 0 Å². The fourth-order valence-electron chi connectivity index (χ4n) is 4.00. The molecular weight excluding hydrogens is 434 g/mol. The summed E-state index contributed by atoms with van der Waals surface area (Å²) in [6.45, 7) is 0. The van der Waals surface area contributed by atoms with Gasteiger partial charge in [-0.05, 0) is 48.1 Å². The molecule has 0 atom stereocenters. The lowest BCUT2D eigenvalue weighted by atomic mass is 10.2. The van der Waals surface area contributed by atoms with Crippen LogP contribution in [-0.2, 0) is 0 Å². The van der Waals surface area contributed by atoms with E-state index in [1.165, 1.54) is 32.1 Å². The van der Waals surface area contributed by atoms with E-state index in [2.05, 4.69) is 151 Å². The van der Waals surface area contributed by atoms with E-state index in [1.54, 1.807) is 0 Å². The molecule has 0 saturated carbocycles. The van der Waals surface area contributed by atoms with Crippen molar-refractivity contribution in [1.82, 2.24) is 0 Å². The maximum absolute atomic E-state index is 2.51. The van der Waals surface area contributed by atoms with Gasteiger partial charge in [-0.25, -0.2) is 0 Å². The van der Waals surface area contributed by atoms with Crippen LogP contribution in [0.15, 0.2) is 146 Å². The molecule has 0 unspecified atom stereocenters. The summed E-state index contributed by atoms with van der Waals surface area (Å²) in [5.41, 5.74) is 1.33. The molecule has 0 fully saturated rings. The zero-order valence-electron chi connectivity index (χ0n) is 18.3. The van der Waals surface area contributed by atoms with Crippen LogP contribution in [0, 0.1) is 0 Å². The monoisotopic (exact) mass is 459 g/mol. The van der Waals surface area contributed by atoms with Crippen LogP contribution >= 0.6 is 15.5 Å². The Bertz CT molecular complexity index is 1250. The smallest absolute Gasteiger partial charge is 0.0622 e. The van der Waals surface area contributed by atoms with Crippen molar-refractivity contribution in [2.75, 3.05) is 0 Å². The van der Waals surface area contributed by atoms with Crippen molar-refractivity contribution in [2.24, 2.45) is 0 Å². The van der Waals surface area contributed by atoms with E-state index in [0.29, 0.717) is 0 Å². The number of hydrogen-bond acceptors (Lipinski definition) is 0. The summed E-state index contributed by atoms with van der Waals surface area (Å²) in [4.78, 5) is 0. The average Bonchev–Trinajstić information content (AvgIpc) is 2.90. The van der Waals surface area contributed by atoms with E-state index in [4.69, 9.17) is 0 Å². The van der Waals surface area contributed by atoms with E-state index < -0.39 is 15.5 Å². The fourth-order valence-corrected chi connectivity index (χ4v) is 8.61. The van der Waals surface area contributed by atoms with Crippen molar-refractivity contribution in [1.29, 1.82) is 0 Å². The van der Waals surface area contributed by atoms with Crippen molar-refractivity contribution in [3.63, 3.8) is 0 Å². The van der Waals surface area contributed by atoms with Crippen molar-refractivity contribution >= 4 is 47.8 Å². The highest BCUT2D eigenvalue weighted by atomic mass is 31.1. The van der Waals surface area contributed by atoms with E-state index >= 15 is 0 Å². The van der Waals surface area contributed by atoms with Crippen LogP contribution in [0.25, 0.3) is 0 Å². The van der Waals surface area contributed by atoms with Gasteiger partial charge in [-0.1, -0.05) is 121 Å². The molecule has 0 spiro atoms. The lowest BCUT2D eigenvalue weighted by Crippen LogP contribution is -2.23. The molecule has 0 radical (unpaired) electrons. The third-order valence-corrected chi connectivity index (χ3v) is 10.3. The van der Waals surface area contributed by atoms with E-state index in [9.17, 15) is 0 Å². The SMILES string of the molecule is C(c1ccccc1P(c1ccccc1)c1ccccc1)=[P+](c1ccccc1)c1ccccc1. The van der Waals surface area contributed by atoms with Crippen molar-refractivity contribution in [2.45, 2.75) is 0 Å². The molecule has 5 aromatic rings. The Kier molecular flexibility index (Phi) is 6.88. The van der Waals surface area contributed by atoms with E-state index in [1.807, 2.05) is 0 Å². The van der Waals surface area contributed by atoms with Gasteiger partial charge in [-0.2, -0.15) is 0 Å². The van der Waals surface area contributed by atoms with Crippen LogP contribution in [0.2, 0.25) is 0 Å². The van der Waals surface area contributed by atoms with Gasteiger partial charge in [-0.15, -0.1) is 0 Å². The highest BCUT2D eigenvalue weighted by Gasteiger charge is 2.23. The first-order valence-corrected chi connectivity index (χ1v) is 13.9. The molecule has 0 saturated heterocycles. The molecule has 158 valence electrons. The first-order valence-electron chi connectivity index (χ1n) is 11.1. The molecule has 2 heteroatoms. The molecule has 33 heavy (non-hydrogen) atoms. The first kappa shape index (κ1) is 21.5. The second-order valence-corrected chi connectivity index (χ2v) is 12.0. The Morgan fingerprint density at radius 3 is 1.30 bits per heavy atom. The zero-order chi connectivity index (χ0) is 22.3. The Morgan fingerprint density at radius 2 is 0.818 bits per heavy atom. The number of rotatable bonds is 6. The molecule has 0 nitrogen and oxygen atoms in total. The average molecular weight is 459 g/mol. The third kappa shape index (κ3) is 5.04. The number of hydrogen-bond donors (Lipinski definition) is 0. The quantitative estimate of drug-likeness (QED) is 0.285. The molecule has 5 rings (SSSR count). The summed E-state index contributed by atoms with van der Waals surface area (Å²) in [6, 6.07) is 52.7. The summed E-state index contributed by atoms with van der Waals surface area (Å²) in [6.07, 6.45) is 0. The first-order chi connectivity index (χ1) is 16.4. The summed E-state index contributed by atoms with van der Waals surface area (Å²) in [5, 5.41) is 6.91. The molecule has 0 aliphatic heterocycles. The minimum atomic E-state index is -0.656. The molecule has 0 aliphatic rings. The van der Waals surface area contributed by atoms with Crippen LogP contribution in [0.4, 0.5) is 0 Å². The Labute approximate surface area is 198 Å². The Morgan fingerprint density at radius 1 is 0.424 bits per heavy atom. The predicted octanol–water partition coefficient (Wildman–Crippen LogP) is 5.73. The summed E-state index contributed by atoms with van der Waals surface area (Å²) >= 11 is 0. The van der Waals surface area contributed by atoms with Crippen LogP contribution < -0.4 is 26.5 Å². The normalized spacial score (nSPS) is 10.7. The third-order valence-electron chi connectivity index (χ3n) is 5.54. The molecule has 5 aromatic carbocycles. The van der Waals surface area contributed by atoms with Crippen LogP contribution in [-0.4, -0.2) is 5.80 Å². The summed E-state index contributed by atoms with van der Waals surface area (Å²) in [5.74, 6) is 2.51. The van der Waals surface area contributed by atoms with Crippen molar-refractivity contribution in [3.05, 3.63) is 151 Å². The number of benzene rings is 5. The van der Waals surface area contributed by atoms with Crippen LogP contribution in [0.3, 0.4) is 0 Å². The fraction of sp³-hybridized carbons (Fsp3) is 0. The highest BCUT2D eigenvalue weighted by molar-refractivity contribution is 7.80. The summed E-state index contributed by atoms with van der Waals surface area (Å²) < 4.78 is 0. The maximum Gasteiger partial charge on any atom is 0.170 e. The van der Waals surface area contributed by atoms with Gasteiger partial charge in [0.2, 0.25) is 0 Å². The van der Waals surface area contributed by atoms with Gasteiger partial charge < -0.3 is 0 Å². The minimum absolute atomic E-state index is 0.621. The molecule has 0 N–H and O–H groups in total. The molecule has 0 bridgehead atoms. The highest BCUT2D eigenvalue weighted by Crippen LogP contribution is 2.34. The van der Waals surface area contributed by atoms with Crippen LogP contribution in [0.1, 0.15) is 5.56 Å². The Balaban J connectivity index is 1.71. The summed E-state index contributed by atoms with van der Waals surface area (Å²) in [7, 11) is -1.28. The lowest BCUT2D eigenvalue weighted by molar-refractivity contribution is 1.72. The van der Waals surface area contributed by atoms with Gasteiger partial charge in [0.25, 0.3) is 0 Å². The van der Waals surface area contributed by atoms with Gasteiger partial charge in [0.05, 0.1) is 0 Å². The topological polar surface area (TPSA) is 0 Å². The predicted molar refractivity (Wildman–Crippen MR) is 149 cm³/mol. The molecule has 0 amide bonds. The van der Waals surface area contributed by atoms with Gasteiger partial charge in [0.1, 0.15) is 5.80 Å². The largest absolute Gasteiger partial charge is 0.170 e. The second-order valence-electron chi connectivity index (χ2n) is 7.74. The molecule has 0 aliphatic carbocycles. The molecule has 0 heterocycles. The van der Waals surface area contributed by atoms with Crippen molar-refractivity contribution in [3.8, 4) is 0 Å². The van der Waals surface area contributed by atoms with Gasteiger partial charge in [0, 0.05) is 5.56 Å². The second kappa shape index (κ2) is 10.5. The standard InChI is InChI=1S/C31H25P2/c1-5-16-27(17-6-1)32(28-18-7-2-8-19-28)25-26-15-13-14-24-31(26)33(29-20-9-3-10-21-29)30-22-11-4-12-23-30/h1-25H/q+1. The molecular formula is C31H25P2+. The molecule has 0 aromatic heterocycles. The maximum atomic E-state index is 2.51. The Hall–Kier alpha value is -3.30. The van der Waals surface area contributed by atoms with Gasteiger partial charge in [0.15, 0.2) is 18.2 Å². The zero-order valence-corrected chi connectivity index (χ0v) is 20.1. The van der Waals surface area contributed by atoms with Crippen LogP contribution in [0.5, 0.6) is 0 Å². The minimum Gasteiger partial charge on any atom is -0.0622 e. The van der Waals surface area contributed by atoms with Gasteiger partial charge in [-0.3, -0.25) is 0 Å². The lowest BCUT2D eigenvalue weighted by Gasteiger charge is -2.20. The van der Waals surface area contributed by atoms with E-state index in [0.717, 1.165) is 0 Å².